The van der Waals surface area contributed by atoms with Crippen LogP contribution in [0.5, 0.6) is 23.0 Å². The molecular weight excluding hydrogens is 252 g/mol. The van der Waals surface area contributed by atoms with Gasteiger partial charge in [0.25, 0.3) is 0 Å². The van der Waals surface area contributed by atoms with Crippen molar-refractivity contribution in [2.45, 2.75) is 13.8 Å². The summed E-state index contributed by atoms with van der Waals surface area (Å²) in [6, 6.07) is 8.17. The molecule has 0 aliphatic carbocycles. The zero-order chi connectivity index (χ0) is 13.3. The van der Waals surface area contributed by atoms with Crippen LogP contribution in [0.4, 0.5) is 0 Å². The van der Waals surface area contributed by atoms with Gasteiger partial charge < -0.3 is 14.9 Å². The molecule has 2 aromatic carbocycles. The fraction of sp³-hybridized carbons (Fsp3) is 0.143. The van der Waals surface area contributed by atoms with E-state index in [2.05, 4.69) is 0 Å². The van der Waals surface area contributed by atoms with Crippen LogP contribution in [-0.4, -0.2) is 10.2 Å². The van der Waals surface area contributed by atoms with Crippen molar-refractivity contribution in [1.82, 2.24) is 0 Å². The molecule has 0 atom stereocenters. The molecular formula is C14H13ClO3. The van der Waals surface area contributed by atoms with E-state index in [1.807, 2.05) is 13.8 Å². The lowest BCUT2D eigenvalue weighted by Gasteiger charge is -2.10. The van der Waals surface area contributed by atoms with Crippen LogP contribution >= 0.6 is 11.6 Å². The van der Waals surface area contributed by atoms with Crippen molar-refractivity contribution < 1.29 is 14.9 Å². The number of phenolic OH excluding ortho intramolecular Hbond substituents is 2. The summed E-state index contributed by atoms with van der Waals surface area (Å²) >= 11 is 5.96. The minimum Gasteiger partial charge on any atom is -0.508 e. The van der Waals surface area contributed by atoms with Gasteiger partial charge in [0, 0.05) is 6.07 Å². The fourth-order valence-corrected chi connectivity index (χ4v) is 1.85. The van der Waals surface area contributed by atoms with Gasteiger partial charge in [-0.3, -0.25) is 0 Å². The molecule has 0 bridgehead atoms. The summed E-state index contributed by atoms with van der Waals surface area (Å²) in [7, 11) is 0. The zero-order valence-corrected chi connectivity index (χ0v) is 10.8. The molecule has 3 nitrogen and oxygen atoms in total. The quantitative estimate of drug-likeness (QED) is 0.856. The van der Waals surface area contributed by atoms with Crippen LogP contribution < -0.4 is 4.74 Å². The number of hydrogen-bond acceptors (Lipinski definition) is 3. The monoisotopic (exact) mass is 264 g/mol. The second-order valence-corrected chi connectivity index (χ2v) is 4.58. The number of halogens is 1. The molecule has 94 valence electrons. The maximum Gasteiger partial charge on any atom is 0.150 e. The van der Waals surface area contributed by atoms with Gasteiger partial charge in [-0.15, -0.1) is 0 Å². The average Bonchev–Trinajstić information content (AvgIpc) is 2.23. The van der Waals surface area contributed by atoms with Crippen molar-refractivity contribution in [2.75, 3.05) is 0 Å². The maximum atomic E-state index is 9.61. The topological polar surface area (TPSA) is 49.7 Å². The van der Waals surface area contributed by atoms with Crippen molar-refractivity contribution in [1.29, 1.82) is 0 Å². The summed E-state index contributed by atoms with van der Waals surface area (Å²) in [4.78, 5) is 0. The molecule has 0 aliphatic heterocycles. The van der Waals surface area contributed by atoms with E-state index in [1.165, 1.54) is 6.07 Å². The van der Waals surface area contributed by atoms with Gasteiger partial charge in [-0.2, -0.15) is 0 Å². The summed E-state index contributed by atoms with van der Waals surface area (Å²) in [6.45, 7) is 3.68. The van der Waals surface area contributed by atoms with Gasteiger partial charge in [0.05, 0.1) is 0 Å². The van der Waals surface area contributed by atoms with Crippen molar-refractivity contribution in [3.63, 3.8) is 0 Å². The molecule has 18 heavy (non-hydrogen) atoms. The SMILES string of the molecule is Cc1cc(O)cc(Oc2cc(C)cc(O)c2Cl)c1. The second-order valence-electron chi connectivity index (χ2n) is 4.20. The normalized spacial score (nSPS) is 10.4. The average molecular weight is 265 g/mol. The molecule has 0 saturated carbocycles. The molecule has 0 aliphatic rings. The molecule has 2 rings (SSSR count). The number of ether oxygens (including phenoxy) is 1. The highest BCUT2D eigenvalue weighted by Gasteiger charge is 2.10. The predicted octanol–water partition coefficient (Wildman–Crippen LogP) is 4.16. The number of phenols is 2. The first-order valence-corrected chi connectivity index (χ1v) is 5.81. The number of aryl methyl sites for hydroxylation is 2. The Morgan fingerprint density at radius 3 is 2.28 bits per heavy atom. The Balaban J connectivity index is 2.39. The van der Waals surface area contributed by atoms with Crippen LogP contribution in [0.3, 0.4) is 0 Å². The third-order valence-corrected chi connectivity index (χ3v) is 2.81. The Bertz CT molecular complexity index is 574. The molecule has 0 spiro atoms. The number of benzene rings is 2. The first-order valence-electron chi connectivity index (χ1n) is 5.43. The number of rotatable bonds is 2. The highest BCUT2D eigenvalue weighted by Crippen LogP contribution is 2.37. The summed E-state index contributed by atoms with van der Waals surface area (Å²) in [5.74, 6) is 0.931. The molecule has 0 radical (unpaired) electrons. The number of aromatic hydroxyl groups is 2. The Labute approximate surface area is 110 Å². The van der Waals surface area contributed by atoms with Gasteiger partial charge in [-0.25, -0.2) is 0 Å². The predicted molar refractivity (Wildman–Crippen MR) is 70.8 cm³/mol. The first kappa shape index (κ1) is 12.6. The summed E-state index contributed by atoms with van der Waals surface area (Å²) in [5.41, 5.74) is 1.71. The highest BCUT2D eigenvalue weighted by atomic mass is 35.5. The van der Waals surface area contributed by atoms with Gasteiger partial charge in [-0.1, -0.05) is 11.6 Å². The molecule has 0 heterocycles. The van der Waals surface area contributed by atoms with E-state index < -0.39 is 0 Å². The zero-order valence-electron chi connectivity index (χ0n) is 10.1. The van der Waals surface area contributed by atoms with E-state index in [0.29, 0.717) is 11.5 Å². The van der Waals surface area contributed by atoms with Gasteiger partial charge in [-0.05, 0) is 49.2 Å². The Morgan fingerprint density at radius 2 is 1.61 bits per heavy atom. The molecule has 0 fully saturated rings. The largest absolute Gasteiger partial charge is 0.508 e. The lowest BCUT2D eigenvalue weighted by Crippen LogP contribution is -1.88. The van der Waals surface area contributed by atoms with Crippen LogP contribution in [-0.2, 0) is 0 Å². The van der Waals surface area contributed by atoms with Crippen molar-refractivity contribution >= 4 is 11.6 Å². The number of hydrogen-bond donors (Lipinski definition) is 2. The van der Waals surface area contributed by atoms with Gasteiger partial charge in [0.1, 0.15) is 28.0 Å². The Hall–Kier alpha value is -1.87. The summed E-state index contributed by atoms with van der Waals surface area (Å²) in [5, 5.41) is 19.2. The molecule has 0 amide bonds. The first-order chi connectivity index (χ1) is 8.45. The summed E-state index contributed by atoms with van der Waals surface area (Å²) in [6.07, 6.45) is 0. The molecule has 0 unspecified atom stereocenters. The van der Waals surface area contributed by atoms with Crippen LogP contribution in [0.1, 0.15) is 11.1 Å². The Morgan fingerprint density at radius 1 is 0.944 bits per heavy atom. The van der Waals surface area contributed by atoms with E-state index in [0.717, 1.165) is 11.1 Å². The lowest BCUT2D eigenvalue weighted by molar-refractivity contribution is 0.445. The fourth-order valence-electron chi connectivity index (χ4n) is 1.71. The highest BCUT2D eigenvalue weighted by molar-refractivity contribution is 6.33. The molecule has 0 aromatic heterocycles. The van der Waals surface area contributed by atoms with E-state index in [9.17, 15) is 10.2 Å². The minimum absolute atomic E-state index is 0.0245. The van der Waals surface area contributed by atoms with E-state index in [-0.39, 0.29) is 16.5 Å². The van der Waals surface area contributed by atoms with E-state index >= 15 is 0 Å². The van der Waals surface area contributed by atoms with Crippen LogP contribution in [0.25, 0.3) is 0 Å². The van der Waals surface area contributed by atoms with Crippen LogP contribution in [0.2, 0.25) is 5.02 Å². The minimum atomic E-state index is -0.0245. The van der Waals surface area contributed by atoms with Gasteiger partial charge in [0.15, 0.2) is 0 Å². The second kappa shape index (κ2) is 4.78. The van der Waals surface area contributed by atoms with E-state index in [4.69, 9.17) is 16.3 Å². The van der Waals surface area contributed by atoms with Crippen LogP contribution in [0, 0.1) is 13.8 Å². The van der Waals surface area contributed by atoms with Gasteiger partial charge >= 0.3 is 0 Å². The van der Waals surface area contributed by atoms with Gasteiger partial charge in [0.2, 0.25) is 0 Å². The maximum absolute atomic E-state index is 9.61. The van der Waals surface area contributed by atoms with Crippen molar-refractivity contribution in [3.8, 4) is 23.0 Å². The third-order valence-electron chi connectivity index (χ3n) is 2.43. The molecule has 0 saturated heterocycles. The standard InChI is InChI=1S/C14H13ClO3/c1-8-3-10(16)7-11(4-8)18-13-6-9(2)5-12(17)14(13)15/h3-7,16-17H,1-2H3. The summed E-state index contributed by atoms with van der Waals surface area (Å²) < 4.78 is 5.58. The lowest BCUT2D eigenvalue weighted by atomic mass is 10.2. The molecule has 2 N–H and O–H groups in total. The Kier molecular flexibility index (Phi) is 3.34. The molecule has 4 heteroatoms. The van der Waals surface area contributed by atoms with E-state index in [1.54, 1.807) is 24.3 Å². The smallest absolute Gasteiger partial charge is 0.150 e. The van der Waals surface area contributed by atoms with Crippen molar-refractivity contribution in [2.24, 2.45) is 0 Å². The van der Waals surface area contributed by atoms with Crippen molar-refractivity contribution in [3.05, 3.63) is 46.5 Å². The molecule has 2 aromatic rings. The van der Waals surface area contributed by atoms with Crippen LogP contribution in [0.15, 0.2) is 30.3 Å². The third kappa shape index (κ3) is 2.68.